The molecule has 7 heteroatoms. The molecule has 0 saturated heterocycles. The molecule has 0 spiro atoms. The first-order valence-corrected chi connectivity index (χ1v) is 7.67. The van der Waals surface area contributed by atoms with Crippen molar-refractivity contribution in [2.24, 2.45) is 0 Å². The van der Waals surface area contributed by atoms with E-state index in [1.807, 2.05) is 6.92 Å². The summed E-state index contributed by atoms with van der Waals surface area (Å²) in [7, 11) is 3.07. The van der Waals surface area contributed by atoms with E-state index in [0.29, 0.717) is 28.1 Å². The lowest BCUT2D eigenvalue weighted by atomic mass is 10.1. The molecule has 0 atom stereocenters. The van der Waals surface area contributed by atoms with Crippen LogP contribution in [-0.4, -0.2) is 49.2 Å². The van der Waals surface area contributed by atoms with E-state index in [1.165, 1.54) is 12.0 Å². The minimum Gasteiger partial charge on any atom is -0.493 e. The molecule has 0 saturated carbocycles. The number of carbonyl (C=O) groups excluding carboxylic acids is 1. The fourth-order valence-corrected chi connectivity index (χ4v) is 2.33. The van der Waals surface area contributed by atoms with Crippen LogP contribution >= 0.6 is 15.9 Å². The topological polar surface area (TPSA) is 76.1 Å². The van der Waals surface area contributed by atoms with Crippen molar-refractivity contribution in [1.82, 2.24) is 4.90 Å². The van der Waals surface area contributed by atoms with Crippen LogP contribution in [0.1, 0.15) is 30.1 Å². The van der Waals surface area contributed by atoms with Gasteiger partial charge in [-0.25, -0.2) is 0 Å². The lowest BCUT2D eigenvalue weighted by Crippen LogP contribution is -2.29. The Morgan fingerprint density at radius 1 is 1.36 bits per heavy atom. The summed E-state index contributed by atoms with van der Waals surface area (Å²) in [5.41, 5.74) is 0.403. The van der Waals surface area contributed by atoms with Gasteiger partial charge >= 0.3 is 5.97 Å². The molecule has 6 nitrogen and oxygen atoms in total. The second-order valence-electron chi connectivity index (χ2n) is 4.71. The van der Waals surface area contributed by atoms with Crippen LogP contribution in [0.3, 0.4) is 0 Å². The van der Waals surface area contributed by atoms with Crippen molar-refractivity contribution in [3.05, 3.63) is 22.2 Å². The summed E-state index contributed by atoms with van der Waals surface area (Å²) in [6.45, 7) is 2.68. The minimum atomic E-state index is -0.943. The van der Waals surface area contributed by atoms with Crippen LogP contribution in [0, 0.1) is 0 Å². The molecule has 0 radical (unpaired) electrons. The number of halogens is 1. The maximum atomic E-state index is 12.3. The molecule has 0 fully saturated rings. The number of rotatable bonds is 8. The molecule has 122 valence electrons. The molecular weight excluding hydrogens is 354 g/mol. The number of benzene rings is 1. The second-order valence-corrected chi connectivity index (χ2v) is 5.56. The van der Waals surface area contributed by atoms with Crippen molar-refractivity contribution >= 4 is 27.8 Å². The quantitative estimate of drug-likeness (QED) is 0.757. The number of amides is 1. The lowest BCUT2D eigenvalue weighted by Gasteiger charge is -2.18. The third-order valence-corrected chi connectivity index (χ3v) is 3.52. The number of nitrogens with zero attached hydrogens (tertiary/aromatic N) is 1. The molecule has 1 aromatic rings. The average Bonchev–Trinajstić information content (AvgIpc) is 2.49. The van der Waals surface area contributed by atoms with Crippen molar-refractivity contribution in [2.45, 2.75) is 19.8 Å². The smallest absolute Gasteiger partial charge is 0.305 e. The molecule has 22 heavy (non-hydrogen) atoms. The van der Waals surface area contributed by atoms with Crippen LogP contribution in [0.2, 0.25) is 0 Å². The van der Waals surface area contributed by atoms with E-state index in [-0.39, 0.29) is 18.9 Å². The molecule has 1 N–H and O–H groups in total. The highest BCUT2D eigenvalue weighted by Gasteiger charge is 2.18. The fraction of sp³-hybridized carbons (Fsp3) is 0.467. The van der Waals surface area contributed by atoms with Gasteiger partial charge in [0, 0.05) is 19.2 Å². The standard InChI is InChI=1S/C15H20BrNO5/c1-4-7-22-14-11(16)8-10(9-12(14)21-3)15(20)17(2)6-5-13(18)19/h8-9H,4-7H2,1-3H3,(H,18,19). The summed E-state index contributed by atoms with van der Waals surface area (Å²) >= 11 is 3.38. The Balaban J connectivity index is 2.98. The zero-order valence-corrected chi connectivity index (χ0v) is 14.5. The van der Waals surface area contributed by atoms with Crippen LogP contribution in [0.5, 0.6) is 11.5 Å². The van der Waals surface area contributed by atoms with Gasteiger partial charge in [0.1, 0.15) is 0 Å². The zero-order valence-electron chi connectivity index (χ0n) is 12.9. The highest BCUT2D eigenvalue weighted by molar-refractivity contribution is 9.10. The van der Waals surface area contributed by atoms with Crippen LogP contribution < -0.4 is 9.47 Å². The first-order valence-electron chi connectivity index (χ1n) is 6.88. The molecule has 0 bridgehead atoms. The predicted molar refractivity (Wildman–Crippen MR) is 85.7 cm³/mol. The summed E-state index contributed by atoms with van der Waals surface area (Å²) in [6, 6.07) is 3.24. The van der Waals surface area contributed by atoms with Gasteiger partial charge in [0.15, 0.2) is 11.5 Å². The van der Waals surface area contributed by atoms with Gasteiger partial charge in [-0.1, -0.05) is 6.92 Å². The van der Waals surface area contributed by atoms with E-state index < -0.39 is 5.97 Å². The van der Waals surface area contributed by atoms with Crippen molar-refractivity contribution < 1.29 is 24.2 Å². The van der Waals surface area contributed by atoms with Gasteiger partial charge in [-0.3, -0.25) is 9.59 Å². The van der Waals surface area contributed by atoms with Gasteiger partial charge in [-0.2, -0.15) is 0 Å². The second kappa shape index (κ2) is 8.63. The predicted octanol–water partition coefficient (Wildman–Crippen LogP) is 2.79. The Hall–Kier alpha value is -1.76. The monoisotopic (exact) mass is 373 g/mol. The summed E-state index contributed by atoms with van der Waals surface area (Å²) in [5, 5.41) is 8.68. The number of carboxylic acids is 1. The van der Waals surface area contributed by atoms with Crippen LogP contribution in [0.4, 0.5) is 0 Å². The van der Waals surface area contributed by atoms with E-state index in [9.17, 15) is 9.59 Å². The van der Waals surface area contributed by atoms with Crippen molar-refractivity contribution in [1.29, 1.82) is 0 Å². The molecule has 0 unspecified atom stereocenters. The normalized spacial score (nSPS) is 10.2. The van der Waals surface area contributed by atoms with Crippen LogP contribution in [0.25, 0.3) is 0 Å². The molecule has 0 heterocycles. The first kappa shape index (κ1) is 18.3. The van der Waals surface area contributed by atoms with Gasteiger partial charge in [0.25, 0.3) is 5.91 Å². The minimum absolute atomic E-state index is 0.0990. The molecule has 0 aliphatic rings. The first-order chi connectivity index (χ1) is 10.4. The Bertz CT molecular complexity index is 547. The summed E-state index contributed by atoms with van der Waals surface area (Å²) in [5.74, 6) is -0.212. The molecule has 1 amide bonds. The van der Waals surface area contributed by atoms with Gasteiger partial charge in [0.2, 0.25) is 0 Å². The third kappa shape index (κ3) is 4.91. The van der Waals surface area contributed by atoms with E-state index in [2.05, 4.69) is 15.9 Å². The van der Waals surface area contributed by atoms with Gasteiger partial charge < -0.3 is 19.5 Å². The van der Waals surface area contributed by atoms with Crippen molar-refractivity contribution in [2.75, 3.05) is 27.3 Å². The molecular formula is C15H20BrNO5. The average molecular weight is 374 g/mol. The Morgan fingerprint density at radius 3 is 2.59 bits per heavy atom. The molecule has 1 rings (SSSR count). The highest BCUT2D eigenvalue weighted by atomic mass is 79.9. The van der Waals surface area contributed by atoms with Gasteiger partial charge in [-0.15, -0.1) is 0 Å². The van der Waals surface area contributed by atoms with Gasteiger partial charge in [0.05, 0.1) is 24.6 Å². The summed E-state index contributed by atoms with van der Waals surface area (Å²) < 4.78 is 11.5. The number of hydrogen-bond acceptors (Lipinski definition) is 4. The number of carboxylic acid groups (broad SMARTS) is 1. The highest BCUT2D eigenvalue weighted by Crippen LogP contribution is 2.37. The largest absolute Gasteiger partial charge is 0.493 e. The van der Waals surface area contributed by atoms with Gasteiger partial charge in [-0.05, 0) is 34.5 Å². The van der Waals surface area contributed by atoms with E-state index in [4.69, 9.17) is 14.6 Å². The Morgan fingerprint density at radius 2 is 2.05 bits per heavy atom. The van der Waals surface area contributed by atoms with E-state index in [1.54, 1.807) is 19.2 Å². The zero-order chi connectivity index (χ0) is 16.7. The lowest BCUT2D eigenvalue weighted by molar-refractivity contribution is -0.137. The number of ether oxygens (including phenoxy) is 2. The molecule has 0 aliphatic heterocycles. The summed E-state index contributed by atoms with van der Waals surface area (Å²) in [4.78, 5) is 24.3. The maximum Gasteiger partial charge on any atom is 0.305 e. The van der Waals surface area contributed by atoms with Crippen LogP contribution in [-0.2, 0) is 4.79 Å². The Labute approximate surface area is 138 Å². The fourth-order valence-electron chi connectivity index (χ4n) is 1.77. The van der Waals surface area contributed by atoms with Crippen molar-refractivity contribution in [3.8, 4) is 11.5 Å². The van der Waals surface area contributed by atoms with Crippen LogP contribution in [0.15, 0.2) is 16.6 Å². The van der Waals surface area contributed by atoms with E-state index >= 15 is 0 Å². The number of hydrogen-bond donors (Lipinski definition) is 1. The van der Waals surface area contributed by atoms with Crippen molar-refractivity contribution in [3.63, 3.8) is 0 Å². The molecule has 0 aromatic heterocycles. The SMILES string of the molecule is CCCOc1c(Br)cc(C(=O)N(C)CCC(=O)O)cc1OC. The van der Waals surface area contributed by atoms with E-state index in [0.717, 1.165) is 6.42 Å². The number of methoxy groups -OCH3 is 1. The molecule has 0 aliphatic carbocycles. The number of carbonyl (C=O) groups is 2. The molecule has 1 aromatic carbocycles. The summed E-state index contributed by atoms with van der Waals surface area (Å²) in [6.07, 6.45) is 0.756. The number of aliphatic carboxylic acids is 1. The Kier molecular flexibility index (Phi) is 7.17. The third-order valence-electron chi connectivity index (χ3n) is 2.93. The maximum absolute atomic E-state index is 12.3.